The lowest BCUT2D eigenvalue weighted by molar-refractivity contribution is 0.0948. The highest BCUT2D eigenvalue weighted by Crippen LogP contribution is 2.23. The van der Waals surface area contributed by atoms with Gasteiger partial charge in [0, 0.05) is 36.5 Å². The Morgan fingerprint density at radius 3 is 2.79 bits per heavy atom. The van der Waals surface area contributed by atoms with Gasteiger partial charge in [0.2, 0.25) is 0 Å². The number of nitrogens with one attached hydrogen (secondary N) is 2. The standard InChI is InChI=1S/C19H25N3O3S.2ClH/c1-12-9-15(14-5-3-7-20-10-14)25-19(24)17(12)18(23)21-8-4-6-16-22-13(2)11-26-16;;/h9,11,14,20H,3-8,10H2,1-2H3,(H,21,23);2*1H. The predicted octanol–water partition coefficient (Wildman–Crippen LogP) is 3.39. The summed E-state index contributed by atoms with van der Waals surface area (Å²) in [7, 11) is 0. The number of hydrogen-bond donors (Lipinski definition) is 2. The van der Waals surface area contributed by atoms with Crippen LogP contribution < -0.4 is 16.3 Å². The Morgan fingerprint density at radius 1 is 1.39 bits per heavy atom. The highest BCUT2D eigenvalue weighted by molar-refractivity contribution is 7.09. The first-order valence-electron chi connectivity index (χ1n) is 9.09. The van der Waals surface area contributed by atoms with Crippen molar-refractivity contribution in [1.82, 2.24) is 15.6 Å². The molecule has 1 aliphatic rings. The van der Waals surface area contributed by atoms with E-state index in [-0.39, 0.29) is 42.2 Å². The Bertz CT molecular complexity index is 832. The molecule has 1 aliphatic heterocycles. The second-order valence-electron chi connectivity index (χ2n) is 6.78. The van der Waals surface area contributed by atoms with E-state index < -0.39 is 5.63 Å². The summed E-state index contributed by atoms with van der Waals surface area (Å²) < 4.78 is 5.46. The van der Waals surface area contributed by atoms with Gasteiger partial charge in [-0.1, -0.05) is 0 Å². The summed E-state index contributed by atoms with van der Waals surface area (Å²) in [6.07, 6.45) is 3.67. The van der Waals surface area contributed by atoms with E-state index in [1.165, 1.54) is 0 Å². The van der Waals surface area contributed by atoms with Crippen LogP contribution in [0.25, 0.3) is 0 Å². The summed E-state index contributed by atoms with van der Waals surface area (Å²) in [4.78, 5) is 29.1. The number of piperidine rings is 1. The fourth-order valence-electron chi connectivity index (χ4n) is 3.25. The predicted molar refractivity (Wildman–Crippen MR) is 117 cm³/mol. The lowest BCUT2D eigenvalue weighted by atomic mass is 9.95. The third kappa shape index (κ3) is 6.30. The summed E-state index contributed by atoms with van der Waals surface area (Å²) in [5.74, 6) is 0.518. The molecular weight excluding hydrogens is 421 g/mol. The molecule has 0 aliphatic carbocycles. The third-order valence-electron chi connectivity index (χ3n) is 4.61. The maximum atomic E-state index is 12.4. The first-order valence-corrected chi connectivity index (χ1v) is 9.97. The molecule has 3 heterocycles. The Kier molecular flexibility index (Phi) is 10.2. The Labute approximate surface area is 181 Å². The van der Waals surface area contributed by atoms with E-state index in [9.17, 15) is 9.59 Å². The minimum absolute atomic E-state index is 0. The molecular formula is C19H27Cl2N3O3S. The van der Waals surface area contributed by atoms with Gasteiger partial charge in [0.25, 0.3) is 5.91 Å². The SMILES string of the molecule is Cc1csc(CCCNC(=O)c2c(C)cc(C3CCCNC3)oc2=O)n1.Cl.Cl. The van der Waals surface area contributed by atoms with Crippen LogP contribution in [-0.2, 0) is 6.42 Å². The molecule has 1 unspecified atom stereocenters. The van der Waals surface area contributed by atoms with Crippen LogP contribution in [0, 0.1) is 13.8 Å². The van der Waals surface area contributed by atoms with Crippen molar-refractivity contribution in [2.75, 3.05) is 19.6 Å². The first-order chi connectivity index (χ1) is 12.5. The average molecular weight is 448 g/mol. The number of halogens is 2. The highest BCUT2D eigenvalue weighted by atomic mass is 35.5. The molecule has 0 spiro atoms. The van der Waals surface area contributed by atoms with Crippen molar-refractivity contribution >= 4 is 42.1 Å². The molecule has 0 radical (unpaired) electrons. The van der Waals surface area contributed by atoms with E-state index >= 15 is 0 Å². The zero-order chi connectivity index (χ0) is 18.5. The van der Waals surface area contributed by atoms with Crippen molar-refractivity contribution in [3.05, 3.63) is 49.5 Å². The molecule has 2 aromatic heterocycles. The molecule has 2 aromatic rings. The molecule has 28 heavy (non-hydrogen) atoms. The summed E-state index contributed by atoms with van der Waals surface area (Å²) in [5, 5.41) is 9.22. The van der Waals surface area contributed by atoms with Gasteiger partial charge >= 0.3 is 5.63 Å². The van der Waals surface area contributed by atoms with Gasteiger partial charge in [-0.15, -0.1) is 36.2 Å². The smallest absolute Gasteiger partial charge is 0.349 e. The van der Waals surface area contributed by atoms with Crippen molar-refractivity contribution in [3.63, 3.8) is 0 Å². The molecule has 9 heteroatoms. The zero-order valence-electron chi connectivity index (χ0n) is 16.1. The monoisotopic (exact) mass is 447 g/mol. The maximum absolute atomic E-state index is 12.4. The molecule has 0 saturated carbocycles. The molecule has 1 atom stereocenters. The minimum atomic E-state index is -0.543. The lowest BCUT2D eigenvalue weighted by Crippen LogP contribution is -2.32. The van der Waals surface area contributed by atoms with Gasteiger partial charge in [0.05, 0.1) is 5.01 Å². The largest absolute Gasteiger partial charge is 0.427 e. The minimum Gasteiger partial charge on any atom is -0.427 e. The van der Waals surface area contributed by atoms with E-state index in [4.69, 9.17) is 4.42 Å². The Hall–Kier alpha value is -1.41. The van der Waals surface area contributed by atoms with Crippen LogP contribution in [0.4, 0.5) is 0 Å². The van der Waals surface area contributed by atoms with Gasteiger partial charge in [-0.05, 0) is 51.3 Å². The molecule has 0 bridgehead atoms. The topological polar surface area (TPSA) is 84.2 Å². The number of rotatable bonds is 6. The molecule has 3 rings (SSSR count). The number of aromatic nitrogens is 1. The average Bonchev–Trinajstić information content (AvgIpc) is 3.04. The lowest BCUT2D eigenvalue weighted by Gasteiger charge is -2.22. The summed E-state index contributed by atoms with van der Waals surface area (Å²) in [6.45, 7) is 6.08. The molecule has 2 N–H and O–H groups in total. The zero-order valence-corrected chi connectivity index (χ0v) is 18.5. The molecule has 6 nitrogen and oxygen atoms in total. The van der Waals surface area contributed by atoms with Crippen LogP contribution in [0.15, 0.2) is 20.7 Å². The van der Waals surface area contributed by atoms with Gasteiger partial charge in [-0.2, -0.15) is 0 Å². The third-order valence-corrected chi connectivity index (χ3v) is 5.64. The number of amides is 1. The first kappa shape index (κ1) is 24.6. The van der Waals surface area contributed by atoms with Crippen LogP contribution in [0.5, 0.6) is 0 Å². The van der Waals surface area contributed by atoms with Gasteiger partial charge in [-0.3, -0.25) is 4.79 Å². The van der Waals surface area contributed by atoms with Crippen LogP contribution in [-0.4, -0.2) is 30.5 Å². The normalized spacial score (nSPS) is 16.0. The molecule has 1 saturated heterocycles. The number of carbonyl (C=O) groups excluding carboxylic acids is 1. The maximum Gasteiger partial charge on any atom is 0.349 e. The molecule has 0 aromatic carbocycles. The van der Waals surface area contributed by atoms with Crippen LogP contribution >= 0.6 is 36.2 Å². The fraction of sp³-hybridized carbons (Fsp3) is 0.526. The van der Waals surface area contributed by atoms with E-state index in [2.05, 4.69) is 15.6 Å². The number of thiazole rings is 1. The van der Waals surface area contributed by atoms with Crippen LogP contribution in [0.1, 0.15) is 57.6 Å². The number of nitrogens with zero attached hydrogens (tertiary/aromatic N) is 1. The van der Waals surface area contributed by atoms with E-state index in [1.807, 2.05) is 18.4 Å². The fourth-order valence-corrected chi connectivity index (χ4v) is 4.07. The van der Waals surface area contributed by atoms with E-state index in [1.54, 1.807) is 18.3 Å². The van der Waals surface area contributed by atoms with Crippen molar-refractivity contribution in [2.45, 2.75) is 45.4 Å². The van der Waals surface area contributed by atoms with Crippen molar-refractivity contribution in [3.8, 4) is 0 Å². The van der Waals surface area contributed by atoms with Gasteiger partial charge < -0.3 is 15.1 Å². The number of aryl methyl sites for hydroxylation is 3. The quantitative estimate of drug-likeness (QED) is 0.662. The van der Waals surface area contributed by atoms with Crippen LogP contribution in [0.3, 0.4) is 0 Å². The van der Waals surface area contributed by atoms with E-state index in [0.717, 1.165) is 49.5 Å². The van der Waals surface area contributed by atoms with Gasteiger partial charge in [0.15, 0.2) is 0 Å². The van der Waals surface area contributed by atoms with Crippen molar-refractivity contribution < 1.29 is 9.21 Å². The Balaban J connectivity index is 0.00000196. The Morgan fingerprint density at radius 2 is 2.18 bits per heavy atom. The van der Waals surface area contributed by atoms with Crippen molar-refractivity contribution in [1.29, 1.82) is 0 Å². The van der Waals surface area contributed by atoms with Crippen molar-refractivity contribution in [2.24, 2.45) is 0 Å². The second kappa shape index (κ2) is 11.6. The second-order valence-corrected chi connectivity index (χ2v) is 7.72. The number of hydrogen-bond acceptors (Lipinski definition) is 6. The summed E-state index contributed by atoms with van der Waals surface area (Å²) >= 11 is 1.63. The molecule has 1 fully saturated rings. The van der Waals surface area contributed by atoms with Crippen LogP contribution in [0.2, 0.25) is 0 Å². The van der Waals surface area contributed by atoms with E-state index in [0.29, 0.717) is 17.9 Å². The summed E-state index contributed by atoms with van der Waals surface area (Å²) in [6, 6.07) is 1.84. The van der Waals surface area contributed by atoms with Gasteiger partial charge in [0.1, 0.15) is 11.3 Å². The highest BCUT2D eigenvalue weighted by Gasteiger charge is 2.22. The number of carbonyl (C=O) groups is 1. The van der Waals surface area contributed by atoms with Gasteiger partial charge in [-0.25, -0.2) is 9.78 Å². The molecule has 156 valence electrons. The molecule has 1 amide bonds. The summed E-state index contributed by atoms with van der Waals surface area (Å²) in [5.41, 5.74) is 1.27.